The van der Waals surface area contributed by atoms with Crippen molar-refractivity contribution in [3.63, 3.8) is 0 Å². The smallest absolute Gasteiger partial charge is 0.269 e. The number of carbonyl (C=O) groups excluding carboxylic acids is 1. The Balaban J connectivity index is 1.55. The topological polar surface area (TPSA) is 119 Å². The van der Waals surface area contributed by atoms with Crippen LogP contribution in [0.1, 0.15) is 0 Å². The number of rotatable bonds is 8. The Morgan fingerprint density at radius 1 is 1.10 bits per heavy atom. The highest BCUT2D eigenvalue weighted by molar-refractivity contribution is 7.89. The van der Waals surface area contributed by atoms with Crippen LogP contribution < -0.4 is 20.3 Å². The first kappa shape index (κ1) is 20.5. The van der Waals surface area contributed by atoms with Gasteiger partial charge in [0, 0.05) is 13.1 Å². The molecule has 1 aromatic heterocycles. The fourth-order valence-corrected chi connectivity index (χ4v) is 3.73. The Labute approximate surface area is 167 Å². The quantitative estimate of drug-likeness (QED) is 0.516. The Bertz CT molecular complexity index is 1170. The number of sulfonamides is 1. The fraction of sp³-hybridized carbons (Fsp3) is 0.211. The maximum atomic E-state index is 12.2. The number of amides is 1. The Kier molecular flexibility index (Phi) is 6.25. The van der Waals surface area contributed by atoms with Gasteiger partial charge in [0.25, 0.3) is 5.56 Å². The lowest BCUT2D eigenvalue weighted by molar-refractivity contribution is -0.121. The van der Waals surface area contributed by atoms with Gasteiger partial charge >= 0.3 is 0 Å². The number of hydrogen-bond acceptors (Lipinski definition) is 6. The lowest BCUT2D eigenvalue weighted by atomic mass is 10.3. The lowest BCUT2D eigenvalue weighted by Crippen LogP contribution is -2.37. The summed E-state index contributed by atoms with van der Waals surface area (Å²) < 4.78 is 33.2. The van der Waals surface area contributed by atoms with E-state index in [0.717, 1.165) is 0 Å². The van der Waals surface area contributed by atoms with Crippen LogP contribution in [0.2, 0.25) is 0 Å². The third-order valence-electron chi connectivity index (χ3n) is 4.16. The van der Waals surface area contributed by atoms with Gasteiger partial charge in [0.05, 0.1) is 29.2 Å². The number of aromatic nitrogens is 2. The van der Waals surface area contributed by atoms with Crippen molar-refractivity contribution in [3.8, 4) is 5.75 Å². The molecule has 0 saturated carbocycles. The van der Waals surface area contributed by atoms with Gasteiger partial charge in [0.1, 0.15) is 12.3 Å². The van der Waals surface area contributed by atoms with Crippen LogP contribution in [0, 0.1) is 0 Å². The number of carbonyl (C=O) groups is 1. The molecule has 0 unspecified atom stereocenters. The largest absolute Gasteiger partial charge is 0.497 e. The van der Waals surface area contributed by atoms with E-state index < -0.39 is 15.9 Å². The molecule has 0 saturated heterocycles. The molecule has 29 heavy (non-hydrogen) atoms. The minimum absolute atomic E-state index is 0.00605. The van der Waals surface area contributed by atoms with E-state index in [4.69, 9.17) is 4.74 Å². The van der Waals surface area contributed by atoms with Crippen molar-refractivity contribution in [2.24, 2.45) is 0 Å². The number of fused-ring (bicyclic) bond motifs is 1. The third kappa shape index (κ3) is 4.98. The molecule has 0 fully saturated rings. The first-order chi connectivity index (χ1) is 13.9. The molecule has 9 nitrogen and oxygen atoms in total. The lowest BCUT2D eigenvalue weighted by Gasteiger charge is -2.11. The molecular weight excluding hydrogens is 396 g/mol. The van der Waals surface area contributed by atoms with Gasteiger partial charge < -0.3 is 10.1 Å². The van der Waals surface area contributed by atoms with Crippen LogP contribution in [0.25, 0.3) is 11.0 Å². The minimum atomic E-state index is -3.70. The third-order valence-corrected chi connectivity index (χ3v) is 5.64. The highest BCUT2D eigenvalue weighted by Gasteiger charge is 2.14. The first-order valence-electron chi connectivity index (χ1n) is 8.76. The van der Waals surface area contributed by atoms with E-state index in [1.165, 1.54) is 30.0 Å². The second-order valence-corrected chi connectivity index (χ2v) is 7.86. The molecule has 152 valence electrons. The van der Waals surface area contributed by atoms with Crippen molar-refractivity contribution in [2.75, 3.05) is 20.2 Å². The van der Waals surface area contributed by atoms with E-state index in [1.54, 1.807) is 36.4 Å². The summed E-state index contributed by atoms with van der Waals surface area (Å²) in [5, 5.41) is 2.60. The summed E-state index contributed by atoms with van der Waals surface area (Å²) in [5.74, 6) is 0.141. The zero-order chi connectivity index (χ0) is 20.9. The number of para-hydroxylation sites is 2. The molecular formula is C19H20N4O5S. The van der Waals surface area contributed by atoms with E-state index in [9.17, 15) is 18.0 Å². The molecule has 0 bridgehead atoms. The van der Waals surface area contributed by atoms with E-state index in [-0.39, 0.29) is 30.1 Å². The van der Waals surface area contributed by atoms with Crippen LogP contribution in [-0.4, -0.2) is 44.1 Å². The molecule has 3 aromatic rings. The normalized spacial score (nSPS) is 11.3. The van der Waals surface area contributed by atoms with Crippen LogP contribution in [0.5, 0.6) is 5.75 Å². The van der Waals surface area contributed by atoms with Gasteiger partial charge in [-0.2, -0.15) is 0 Å². The summed E-state index contributed by atoms with van der Waals surface area (Å²) in [6, 6.07) is 13.0. The van der Waals surface area contributed by atoms with E-state index >= 15 is 0 Å². The highest BCUT2D eigenvalue weighted by Crippen LogP contribution is 2.15. The van der Waals surface area contributed by atoms with Crippen LogP contribution in [-0.2, 0) is 21.4 Å². The molecule has 0 aliphatic rings. The number of ether oxygens (including phenoxy) is 1. The first-order valence-corrected chi connectivity index (χ1v) is 10.2. The second kappa shape index (κ2) is 8.84. The minimum Gasteiger partial charge on any atom is -0.497 e. The van der Waals surface area contributed by atoms with Crippen molar-refractivity contribution in [2.45, 2.75) is 11.4 Å². The molecule has 2 N–H and O–H groups in total. The standard InChI is InChI=1S/C19H20N4O5S/c1-28-14-6-8-15(9-7-14)29(26,27)22-11-10-20-18(24)13-23-17-5-3-2-4-16(17)21-12-19(23)25/h2-9,12,22H,10-11,13H2,1H3,(H,20,24). The molecule has 0 spiro atoms. The van der Waals surface area contributed by atoms with Gasteiger partial charge in [0.15, 0.2) is 0 Å². The van der Waals surface area contributed by atoms with Crippen LogP contribution >= 0.6 is 0 Å². The summed E-state index contributed by atoms with van der Waals surface area (Å²) in [6.45, 7) is -0.106. The van der Waals surface area contributed by atoms with Crippen molar-refractivity contribution in [1.29, 1.82) is 0 Å². The SMILES string of the molecule is COc1ccc(S(=O)(=O)NCCNC(=O)Cn2c(=O)cnc3ccccc32)cc1. The number of benzene rings is 2. The van der Waals surface area contributed by atoms with Crippen molar-refractivity contribution in [3.05, 3.63) is 65.1 Å². The number of hydrogen-bond donors (Lipinski definition) is 2. The maximum absolute atomic E-state index is 12.2. The van der Waals surface area contributed by atoms with Gasteiger partial charge in [0.2, 0.25) is 15.9 Å². The summed E-state index contributed by atoms with van der Waals surface area (Å²) >= 11 is 0. The molecule has 10 heteroatoms. The average Bonchev–Trinajstić information content (AvgIpc) is 2.73. The van der Waals surface area contributed by atoms with Gasteiger partial charge in [-0.25, -0.2) is 18.1 Å². The zero-order valence-electron chi connectivity index (χ0n) is 15.7. The van der Waals surface area contributed by atoms with Crippen molar-refractivity contribution >= 4 is 27.0 Å². The van der Waals surface area contributed by atoms with E-state index in [0.29, 0.717) is 16.8 Å². The Hall–Kier alpha value is -3.24. The molecule has 0 atom stereocenters. The van der Waals surface area contributed by atoms with Crippen LogP contribution in [0.15, 0.2) is 64.4 Å². The fourth-order valence-electron chi connectivity index (χ4n) is 2.70. The molecule has 1 amide bonds. The van der Waals surface area contributed by atoms with E-state index in [2.05, 4.69) is 15.0 Å². The van der Waals surface area contributed by atoms with Crippen molar-refractivity contribution in [1.82, 2.24) is 19.6 Å². The maximum Gasteiger partial charge on any atom is 0.269 e. The van der Waals surface area contributed by atoms with Gasteiger partial charge in [-0.1, -0.05) is 12.1 Å². The second-order valence-electron chi connectivity index (χ2n) is 6.09. The monoisotopic (exact) mass is 416 g/mol. The molecule has 0 aliphatic carbocycles. The van der Waals surface area contributed by atoms with Crippen LogP contribution in [0.3, 0.4) is 0 Å². The predicted molar refractivity (Wildman–Crippen MR) is 107 cm³/mol. The van der Waals surface area contributed by atoms with Gasteiger partial charge in [-0.15, -0.1) is 0 Å². The summed E-state index contributed by atoms with van der Waals surface area (Å²) in [6.07, 6.45) is 1.17. The van der Waals surface area contributed by atoms with E-state index in [1.807, 2.05) is 0 Å². The number of nitrogens with zero attached hydrogens (tertiary/aromatic N) is 2. The van der Waals surface area contributed by atoms with Gasteiger partial charge in [-0.3, -0.25) is 14.2 Å². The molecule has 1 heterocycles. The Morgan fingerprint density at radius 3 is 2.55 bits per heavy atom. The zero-order valence-corrected chi connectivity index (χ0v) is 16.5. The number of nitrogens with one attached hydrogen (secondary N) is 2. The predicted octanol–water partition coefficient (Wildman–Crippen LogP) is 0.500. The summed E-state index contributed by atoms with van der Waals surface area (Å²) in [5.41, 5.74) is 0.765. The molecule has 2 aromatic carbocycles. The molecule has 3 rings (SSSR count). The summed E-state index contributed by atoms with van der Waals surface area (Å²) in [4.78, 5) is 28.4. The highest BCUT2D eigenvalue weighted by atomic mass is 32.2. The Morgan fingerprint density at radius 2 is 1.83 bits per heavy atom. The molecule has 0 radical (unpaired) electrons. The van der Waals surface area contributed by atoms with Crippen LogP contribution in [0.4, 0.5) is 0 Å². The van der Waals surface area contributed by atoms with Gasteiger partial charge in [-0.05, 0) is 36.4 Å². The van der Waals surface area contributed by atoms with Crippen molar-refractivity contribution < 1.29 is 17.9 Å². The molecule has 0 aliphatic heterocycles. The summed E-state index contributed by atoms with van der Waals surface area (Å²) in [7, 11) is -2.20. The number of methoxy groups -OCH3 is 1. The average molecular weight is 416 g/mol.